The molecule has 0 aromatic rings. The lowest BCUT2D eigenvalue weighted by atomic mass is 10.4. The van der Waals surface area contributed by atoms with Gasteiger partial charge in [0.15, 0.2) is 0 Å². The second-order valence-electron chi connectivity index (χ2n) is 1.90. The number of hydrogen-bond acceptors (Lipinski definition) is 1. The van der Waals surface area contributed by atoms with Crippen molar-refractivity contribution in [2.75, 3.05) is 6.54 Å². The highest BCUT2D eigenvalue weighted by Crippen LogP contribution is 2.55. The van der Waals surface area contributed by atoms with Gasteiger partial charge < -0.3 is 5.73 Å². The van der Waals surface area contributed by atoms with Crippen LogP contribution in [0.1, 0.15) is 6.42 Å². The second kappa shape index (κ2) is 1.71. The summed E-state index contributed by atoms with van der Waals surface area (Å²) < 4.78 is 0.217. The largest absolute Gasteiger partial charge is 0.330 e. The zero-order valence-corrected chi connectivity index (χ0v) is 7.00. The molecule has 2 N–H and O–H groups in total. The van der Waals surface area contributed by atoms with E-state index in [1.54, 1.807) is 0 Å². The van der Waals surface area contributed by atoms with Crippen LogP contribution in [-0.4, -0.2) is 9.78 Å². The van der Waals surface area contributed by atoms with E-state index in [0.29, 0.717) is 5.92 Å². The van der Waals surface area contributed by atoms with Gasteiger partial charge in [0, 0.05) is 0 Å². The van der Waals surface area contributed by atoms with Gasteiger partial charge in [-0.15, -0.1) is 0 Å². The molecule has 1 unspecified atom stereocenters. The van der Waals surface area contributed by atoms with Gasteiger partial charge in [-0.3, -0.25) is 0 Å². The van der Waals surface area contributed by atoms with Crippen LogP contribution in [0.2, 0.25) is 0 Å². The van der Waals surface area contributed by atoms with Crippen LogP contribution in [0, 0.1) is 5.92 Å². The Balaban J connectivity index is 2.30. The van der Waals surface area contributed by atoms with E-state index in [0.717, 1.165) is 6.54 Å². The van der Waals surface area contributed by atoms with E-state index in [2.05, 4.69) is 31.9 Å². The van der Waals surface area contributed by atoms with Crippen LogP contribution >= 0.6 is 31.9 Å². The van der Waals surface area contributed by atoms with Crippen LogP contribution < -0.4 is 5.73 Å². The Morgan fingerprint density at radius 3 is 2.14 bits per heavy atom. The van der Waals surface area contributed by atoms with Gasteiger partial charge in [-0.25, -0.2) is 0 Å². The van der Waals surface area contributed by atoms with Crippen LogP contribution in [0.4, 0.5) is 0 Å². The van der Waals surface area contributed by atoms with Crippen molar-refractivity contribution in [3.05, 3.63) is 0 Å². The normalized spacial score (nSPS) is 35.6. The highest BCUT2D eigenvalue weighted by molar-refractivity contribution is 9.25. The Bertz CT molecular complexity index is 81.8. The third kappa shape index (κ3) is 1.18. The first-order chi connectivity index (χ1) is 3.17. The van der Waals surface area contributed by atoms with Crippen LogP contribution in [0.15, 0.2) is 0 Å². The molecule has 0 aromatic heterocycles. The van der Waals surface area contributed by atoms with Crippen molar-refractivity contribution >= 4 is 31.9 Å². The minimum absolute atomic E-state index is 0.217. The number of halogens is 2. The monoisotopic (exact) mass is 227 g/mol. The van der Waals surface area contributed by atoms with E-state index in [1.807, 2.05) is 0 Å². The fraction of sp³-hybridized carbons (Fsp3) is 1.00. The SMILES string of the molecule is NCC1CC1(Br)Br. The van der Waals surface area contributed by atoms with Crippen LogP contribution in [-0.2, 0) is 0 Å². The Labute approximate surface area is 59.9 Å². The van der Waals surface area contributed by atoms with E-state index in [-0.39, 0.29) is 3.23 Å². The zero-order chi connectivity index (χ0) is 5.49. The van der Waals surface area contributed by atoms with Crippen LogP contribution in [0.25, 0.3) is 0 Å². The summed E-state index contributed by atoms with van der Waals surface area (Å²) >= 11 is 6.90. The fourth-order valence-corrected chi connectivity index (χ4v) is 1.68. The Morgan fingerprint density at radius 1 is 1.71 bits per heavy atom. The average molecular weight is 229 g/mol. The van der Waals surface area contributed by atoms with Crippen molar-refractivity contribution in [1.29, 1.82) is 0 Å². The summed E-state index contributed by atoms with van der Waals surface area (Å²) in [5.41, 5.74) is 5.35. The molecule has 0 amide bonds. The van der Waals surface area contributed by atoms with Gasteiger partial charge in [-0.1, -0.05) is 31.9 Å². The van der Waals surface area contributed by atoms with Gasteiger partial charge in [0.2, 0.25) is 0 Å². The van der Waals surface area contributed by atoms with Crippen molar-refractivity contribution in [2.24, 2.45) is 11.7 Å². The molecular formula is C4H7Br2N. The minimum atomic E-state index is 0.217. The molecule has 1 aliphatic carbocycles. The van der Waals surface area contributed by atoms with Crippen molar-refractivity contribution < 1.29 is 0 Å². The Kier molecular flexibility index (Phi) is 1.47. The fourth-order valence-electron chi connectivity index (χ4n) is 0.525. The number of nitrogens with two attached hydrogens (primary N) is 1. The topological polar surface area (TPSA) is 26.0 Å². The lowest BCUT2D eigenvalue weighted by Gasteiger charge is -1.91. The quantitative estimate of drug-likeness (QED) is 0.676. The molecule has 0 spiro atoms. The maximum absolute atomic E-state index is 5.35. The first-order valence-corrected chi connectivity index (χ1v) is 3.83. The maximum Gasteiger partial charge on any atom is 0.0850 e. The molecule has 7 heavy (non-hydrogen) atoms. The highest BCUT2D eigenvalue weighted by Gasteiger charge is 2.48. The lowest BCUT2D eigenvalue weighted by molar-refractivity contribution is 0.846. The summed E-state index contributed by atoms with van der Waals surface area (Å²) in [7, 11) is 0. The molecule has 1 aliphatic rings. The molecule has 0 aliphatic heterocycles. The van der Waals surface area contributed by atoms with Crippen LogP contribution in [0.5, 0.6) is 0 Å². The molecule has 1 fully saturated rings. The number of rotatable bonds is 1. The smallest absolute Gasteiger partial charge is 0.0850 e. The standard InChI is InChI=1S/C4H7Br2N/c5-4(6)1-3(4)2-7/h3H,1-2,7H2. The molecule has 1 saturated carbocycles. The van der Waals surface area contributed by atoms with E-state index in [9.17, 15) is 0 Å². The molecule has 1 rings (SSSR count). The van der Waals surface area contributed by atoms with E-state index < -0.39 is 0 Å². The van der Waals surface area contributed by atoms with Gasteiger partial charge in [0.25, 0.3) is 0 Å². The molecule has 1 nitrogen and oxygen atoms in total. The Morgan fingerprint density at radius 2 is 2.14 bits per heavy atom. The summed E-state index contributed by atoms with van der Waals surface area (Å²) in [6.45, 7) is 0.788. The molecule has 0 heterocycles. The molecular weight excluding hydrogens is 222 g/mol. The number of hydrogen-bond donors (Lipinski definition) is 1. The predicted molar refractivity (Wildman–Crippen MR) is 37.7 cm³/mol. The third-order valence-corrected chi connectivity index (χ3v) is 3.18. The molecule has 0 aromatic carbocycles. The maximum atomic E-state index is 5.35. The molecule has 42 valence electrons. The van der Waals surface area contributed by atoms with Gasteiger partial charge in [-0.05, 0) is 18.9 Å². The average Bonchev–Trinajstić information content (AvgIpc) is 2.13. The van der Waals surface area contributed by atoms with Gasteiger partial charge in [0.1, 0.15) is 0 Å². The molecule has 0 radical (unpaired) electrons. The first-order valence-electron chi connectivity index (χ1n) is 2.24. The molecule has 1 atom stereocenters. The third-order valence-electron chi connectivity index (χ3n) is 1.24. The van der Waals surface area contributed by atoms with Crippen molar-refractivity contribution in [2.45, 2.75) is 9.65 Å². The molecule has 3 heteroatoms. The van der Waals surface area contributed by atoms with Crippen molar-refractivity contribution in [1.82, 2.24) is 0 Å². The van der Waals surface area contributed by atoms with Crippen molar-refractivity contribution in [3.8, 4) is 0 Å². The molecule has 0 bridgehead atoms. The Hall–Kier alpha value is 0.920. The van der Waals surface area contributed by atoms with E-state index in [4.69, 9.17) is 5.73 Å². The second-order valence-corrected chi connectivity index (χ2v) is 5.79. The highest BCUT2D eigenvalue weighted by atomic mass is 79.9. The number of alkyl halides is 2. The predicted octanol–water partition coefficient (Wildman–Crippen LogP) is 1.45. The summed E-state index contributed by atoms with van der Waals surface area (Å²) in [5.74, 6) is 0.660. The minimum Gasteiger partial charge on any atom is -0.330 e. The zero-order valence-electron chi connectivity index (χ0n) is 3.82. The summed E-state index contributed by atoms with van der Waals surface area (Å²) in [5, 5.41) is 0. The summed E-state index contributed by atoms with van der Waals surface area (Å²) in [4.78, 5) is 0. The van der Waals surface area contributed by atoms with E-state index >= 15 is 0 Å². The molecule has 0 saturated heterocycles. The summed E-state index contributed by atoms with van der Waals surface area (Å²) in [6.07, 6.45) is 1.17. The van der Waals surface area contributed by atoms with Gasteiger partial charge >= 0.3 is 0 Å². The van der Waals surface area contributed by atoms with E-state index in [1.165, 1.54) is 6.42 Å². The lowest BCUT2D eigenvalue weighted by Crippen LogP contribution is -2.04. The summed E-state index contributed by atoms with van der Waals surface area (Å²) in [6, 6.07) is 0. The van der Waals surface area contributed by atoms with Gasteiger partial charge in [-0.2, -0.15) is 0 Å². The first kappa shape index (κ1) is 6.05. The van der Waals surface area contributed by atoms with Crippen LogP contribution in [0.3, 0.4) is 0 Å². The van der Waals surface area contributed by atoms with Crippen molar-refractivity contribution in [3.63, 3.8) is 0 Å². The van der Waals surface area contributed by atoms with Gasteiger partial charge in [0.05, 0.1) is 3.23 Å².